The third-order valence-corrected chi connectivity index (χ3v) is 4.64. The highest BCUT2D eigenvalue weighted by atomic mass is 32.2. The Morgan fingerprint density at radius 3 is 2.21 bits per heavy atom. The average Bonchev–Trinajstić information content (AvgIpc) is 2.51. The second kappa shape index (κ2) is 6.96. The van der Waals surface area contributed by atoms with Crippen LogP contribution in [0.1, 0.15) is 5.56 Å². The van der Waals surface area contributed by atoms with Gasteiger partial charge in [0.25, 0.3) is 10.0 Å². The fourth-order valence-electron chi connectivity index (χ4n) is 1.88. The Bertz CT molecular complexity index is 850. The number of carbonyl (C=O) groups excluding carboxylic acids is 1. The van der Waals surface area contributed by atoms with Crippen LogP contribution in [0.4, 0.5) is 14.5 Å². The van der Waals surface area contributed by atoms with Gasteiger partial charge >= 0.3 is 0 Å². The molecule has 0 spiro atoms. The zero-order valence-electron chi connectivity index (χ0n) is 13.1. The minimum absolute atomic E-state index is 0.0786. The summed E-state index contributed by atoms with van der Waals surface area (Å²) in [5.41, 5.74) is 0.977. The highest BCUT2D eigenvalue weighted by Gasteiger charge is 2.16. The first-order valence-electron chi connectivity index (χ1n) is 6.96. The fourth-order valence-corrected chi connectivity index (χ4v) is 2.95. The Hall–Kier alpha value is -2.48. The highest BCUT2D eigenvalue weighted by molar-refractivity contribution is 7.92. The largest absolute Gasteiger partial charge is 0.349 e. The maximum Gasteiger partial charge on any atom is 0.261 e. The van der Waals surface area contributed by atoms with E-state index in [1.807, 2.05) is 0 Å². The van der Waals surface area contributed by atoms with Crippen LogP contribution in [0.2, 0.25) is 0 Å². The predicted octanol–water partition coefficient (Wildman–Crippen LogP) is 2.40. The van der Waals surface area contributed by atoms with Gasteiger partial charge in [0.2, 0.25) is 5.91 Å². The van der Waals surface area contributed by atoms with Crippen molar-refractivity contribution in [1.82, 2.24) is 4.90 Å². The van der Waals surface area contributed by atoms with Crippen molar-refractivity contribution in [2.75, 3.05) is 18.8 Å². The molecule has 1 N–H and O–H groups in total. The van der Waals surface area contributed by atoms with E-state index < -0.39 is 21.7 Å². The molecule has 0 atom stereocenters. The van der Waals surface area contributed by atoms with Gasteiger partial charge in [-0.05, 0) is 35.9 Å². The van der Waals surface area contributed by atoms with Crippen molar-refractivity contribution in [2.24, 2.45) is 0 Å². The van der Waals surface area contributed by atoms with Gasteiger partial charge in [-0.25, -0.2) is 17.2 Å². The van der Waals surface area contributed by atoms with Crippen LogP contribution in [0.3, 0.4) is 0 Å². The lowest BCUT2D eigenvalue weighted by Gasteiger charge is -2.11. The molecule has 0 aliphatic rings. The molecule has 0 aromatic heterocycles. The Balaban J connectivity index is 2.15. The summed E-state index contributed by atoms with van der Waals surface area (Å²) in [4.78, 5) is 12.7. The molecule has 8 heteroatoms. The molecule has 0 radical (unpaired) electrons. The fraction of sp³-hybridized carbons (Fsp3) is 0.188. The highest BCUT2D eigenvalue weighted by Crippen LogP contribution is 2.19. The van der Waals surface area contributed by atoms with Gasteiger partial charge in [-0.3, -0.25) is 9.52 Å². The number of hydrogen-bond acceptors (Lipinski definition) is 3. The van der Waals surface area contributed by atoms with Gasteiger partial charge in [-0.1, -0.05) is 12.1 Å². The summed E-state index contributed by atoms with van der Waals surface area (Å²) in [6.45, 7) is 0. The lowest BCUT2D eigenvalue weighted by atomic mass is 10.1. The van der Waals surface area contributed by atoms with Crippen molar-refractivity contribution < 1.29 is 22.0 Å². The monoisotopic (exact) mass is 354 g/mol. The number of likely N-dealkylation sites (N-methyl/N-ethyl adjacent to an activating group) is 1. The van der Waals surface area contributed by atoms with Gasteiger partial charge in [0.05, 0.1) is 11.3 Å². The lowest BCUT2D eigenvalue weighted by molar-refractivity contribution is -0.127. The molecule has 2 rings (SSSR count). The van der Waals surface area contributed by atoms with E-state index in [0.29, 0.717) is 6.07 Å². The lowest BCUT2D eigenvalue weighted by Crippen LogP contribution is -2.23. The molecule has 2 aromatic rings. The minimum Gasteiger partial charge on any atom is -0.349 e. The second-order valence-electron chi connectivity index (χ2n) is 5.34. The summed E-state index contributed by atoms with van der Waals surface area (Å²) in [6.07, 6.45) is 0.198. The number of carbonyl (C=O) groups is 1. The van der Waals surface area contributed by atoms with Gasteiger partial charge in [0, 0.05) is 19.8 Å². The smallest absolute Gasteiger partial charge is 0.261 e. The molecule has 128 valence electrons. The van der Waals surface area contributed by atoms with Crippen molar-refractivity contribution in [3.05, 3.63) is 59.7 Å². The van der Waals surface area contributed by atoms with Gasteiger partial charge in [-0.15, -0.1) is 0 Å². The first kappa shape index (κ1) is 17.9. The summed E-state index contributed by atoms with van der Waals surface area (Å²) in [5, 5.41) is 0. The van der Waals surface area contributed by atoms with Crippen LogP contribution in [-0.4, -0.2) is 33.3 Å². The predicted molar refractivity (Wildman–Crippen MR) is 86.0 cm³/mol. The third kappa shape index (κ3) is 4.29. The van der Waals surface area contributed by atoms with Gasteiger partial charge < -0.3 is 4.90 Å². The molecule has 0 unspecified atom stereocenters. The molecule has 0 bridgehead atoms. The van der Waals surface area contributed by atoms with Crippen LogP contribution in [0.5, 0.6) is 0 Å². The first-order valence-corrected chi connectivity index (χ1v) is 8.44. The van der Waals surface area contributed by atoms with Crippen molar-refractivity contribution in [3.63, 3.8) is 0 Å². The summed E-state index contributed by atoms with van der Waals surface area (Å²) in [6, 6.07) is 8.56. The molecule has 0 fully saturated rings. The average molecular weight is 354 g/mol. The van der Waals surface area contributed by atoms with Crippen LogP contribution in [-0.2, 0) is 21.2 Å². The minimum atomic E-state index is -4.03. The van der Waals surface area contributed by atoms with E-state index in [-0.39, 0.29) is 22.9 Å². The number of nitrogens with zero attached hydrogens (tertiary/aromatic N) is 1. The van der Waals surface area contributed by atoms with Crippen molar-refractivity contribution in [2.45, 2.75) is 11.3 Å². The number of hydrogen-bond donors (Lipinski definition) is 1. The number of amides is 1. The van der Waals surface area contributed by atoms with Crippen LogP contribution in [0.15, 0.2) is 47.4 Å². The first-order chi connectivity index (χ1) is 11.2. The number of sulfonamides is 1. The Labute approximate surface area is 139 Å². The summed E-state index contributed by atoms with van der Waals surface area (Å²) < 4.78 is 52.7. The van der Waals surface area contributed by atoms with Crippen molar-refractivity contribution in [1.29, 1.82) is 0 Å². The van der Waals surface area contributed by atoms with Crippen LogP contribution >= 0.6 is 0 Å². The summed E-state index contributed by atoms with van der Waals surface area (Å²) in [7, 11) is -0.743. The molecule has 2 aromatic carbocycles. The molecule has 0 heterocycles. The van der Waals surface area contributed by atoms with Crippen molar-refractivity contribution in [3.8, 4) is 0 Å². The van der Waals surface area contributed by atoms with Gasteiger partial charge in [-0.2, -0.15) is 0 Å². The quantitative estimate of drug-likeness (QED) is 0.897. The zero-order valence-corrected chi connectivity index (χ0v) is 13.9. The molecular weight excluding hydrogens is 338 g/mol. The molecule has 1 amide bonds. The Morgan fingerprint density at radius 1 is 1.04 bits per heavy atom. The molecule has 24 heavy (non-hydrogen) atoms. The second-order valence-corrected chi connectivity index (χ2v) is 7.03. The summed E-state index contributed by atoms with van der Waals surface area (Å²) in [5.74, 6) is -2.44. The molecule has 0 aliphatic heterocycles. The van der Waals surface area contributed by atoms with E-state index in [1.54, 1.807) is 26.2 Å². The van der Waals surface area contributed by atoms with Gasteiger partial charge in [0.15, 0.2) is 11.6 Å². The van der Waals surface area contributed by atoms with Crippen LogP contribution in [0, 0.1) is 11.6 Å². The van der Waals surface area contributed by atoms with Crippen LogP contribution < -0.4 is 4.72 Å². The van der Waals surface area contributed by atoms with E-state index in [9.17, 15) is 22.0 Å². The van der Waals surface area contributed by atoms with E-state index >= 15 is 0 Å². The molecular formula is C16H16F2N2O3S. The topological polar surface area (TPSA) is 66.5 Å². The van der Waals surface area contributed by atoms with Crippen LogP contribution in [0.25, 0.3) is 0 Å². The number of rotatable bonds is 5. The maximum absolute atomic E-state index is 13.2. The zero-order chi connectivity index (χ0) is 17.9. The molecule has 5 nitrogen and oxygen atoms in total. The molecule has 0 saturated carbocycles. The Kier molecular flexibility index (Phi) is 5.18. The number of anilines is 1. The van der Waals surface area contributed by atoms with E-state index in [1.165, 1.54) is 17.0 Å². The van der Waals surface area contributed by atoms with Crippen molar-refractivity contribution >= 4 is 21.6 Å². The van der Waals surface area contributed by atoms with E-state index in [2.05, 4.69) is 4.72 Å². The third-order valence-electron chi connectivity index (χ3n) is 3.26. The SMILES string of the molecule is CN(C)C(=O)Cc1ccc(NS(=O)(=O)c2ccc(F)c(F)c2)cc1. The number of benzene rings is 2. The standard InChI is InChI=1S/C16H16F2N2O3S/c1-20(2)16(21)9-11-3-5-12(6-4-11)19-24(22,23)13-7-8-14(17)15(18)10-13/h3-8,10,19H,9H2,1-2H3. The van der Waals surface area contributed by atoms with E-state index in [0.717, 1.165) is 17.7 Å². The number of halogens is 2. The summed E-state index contributed by atoms with van der Waals surface area (Å²) >= 11 is 0. The maximum atomic E-state index is 13.2. The Morgan fingerprint density at radius 2 is 1.67 bits per heavy atom. The van der Waals surface area contributed by atoms with Gasteiger partial charge in [0.1, 0.15) is 0 Å². The normalized spacial score (nSPS) is 11.2. The molecule has 0 aliphatic carbocycles. The number of nitrogens with one attached hydrogen (secondary N) is 1. The van der Waals surface area contributed by atoms with E-state index in [4.69, 9.17) is 0 Å². The molecule has 0 saturated heterocycles.